The summed E-state index contributed by atoms with van der Waals surface area (Å²) in [6, 6.07) is 22.2. The first-order valence-corrected chi connectivity index (χ1v) is 8.93. The van der Waals surface area contributed by atoms with Crippen LogP contribution in [0.1, 0.15) is 31.1 Å². The predicted molar refractivity (Wildman–Crippen MR) is 111 cm³/mol. The number of nitrogens with one attached hydrogen (secondary N) is 1. The second-order valence-corrected chi connectivity index (χ2v) is 6.27. The first-order valence-electron chi connectivity index (χ1n) is 8.93. The lowest BCUT2D eigenvalue weighted by Crippen LogP contribution is -2.26. The second-order valence-electron chi connectivity index (χ2n) is 6.27. The van der Waals surface area contributed by atoms with Gasteiger partial charge in [0.1, 0.15) is 0 Å². The minimum absolute atomic E-state index is 0.235. The molecule has 3 aromatic carbocycles. The number of nitrogens with zero attached hydrogens (tertiary/aromatic N) is 1. The molecule has 1 N–H and O–H groups in total. The zero-order valence-corrected chi connectivity index (χ0v) is 16.1. The smallest absolute Gasteiger partial charge is 0.339 e. The molecule has 0 bridgehead atoms. The van der Waals surface area contributed by atoms with Crippen LogP contribution in [0, 0.1) is 0 Å². The van der Waals surface area contributed by atoms with Crippen molar-refractivity contribution in [1.29, 1.82) is 0 Å². The van der Waals surface area contributed by atoms with Crippen LogP contribution in [-0.2, 0) is 4.74 Å². The zero-order chi connectivity index (χ0) is 20.8. The third kappa shape index (κ3) is 4.50. The summed E-state index contributed by atoms with van der Waals surface area (Å²) in [5.41, 5.74) is 2.02. The fourth-order valence-corrected chi connectivity index (χ4v) is 2.83. The molecule has 0 aliphatic heterocycles. The van der Waals surface area contributed by atoms with E-state index >= 15 is 0 Å². The number of rotatable bonds is 5. The molecule has 0 aromatic heterocycles. The van der Waals surface area contributed by atoms with Crippen LogP contribution in [0.2, 0.25) is 0 Å². The molecule has 0 unspecified atom stereocenters. The molecule has 0 fully saturated rings. The number of ether oxygens (including phenoxy) is 1. The average Bonchev–Trinajstić information content (AvgIpc) is 2.78. The van der Waals surface area contributed by atoms with Crippen molar-refractivity contribution in [2.75, 3.05) is 24.4 Å². The van der Waals surface area contributed by atoms with Gasteiger partial charge in [-0.3, -0.25) is 9.59 Å². The average molecular weight is 388 g/mol. The van der Waals surface area contributed by atoms with Crippen LogP contribution in [-0.4, -0.2) is 31.9 Å². The number of para-hydroxylation sites is 2. The van der Waals surface area contributed by atoms with E-state index in [2.05, 4.69) is 5.32 Å². The van der Waals surface area contributed by atoms with Gasteiger partial charge in [-0.25, -0.2) is 4.79 Å². The molecule has 6 nitrogen and oxygen atoms in total. The third-order valence-electron chi connectivity index (χ3n) is 4.40. The Labute approximate surface area is 168 Å². The van der Waals surface area contributed by atoms with Gasteiger partial charge >= 0.3 is 5.97 Å². The van der Waals surface area contributed by atoms with Gasteiger partial charge in [0.25, 0.3) is 11.8 Å². The van der Waals surface area contributed by atoms with Crippen LogP contribution in [0.4, 0.5) is 11.4 Å². The SMILES string of the molecule is COC(=O)c1ccccc1NC(=O)c1cccc(C(=O)N(C)c2ccccc2)c1. The van der Waals surface area contributed by atoms with E-state index in [0.717, 1.165) is 5.69 Å². The molecular formula is C23H20N2O4. The van der Waals surface area contributed by atoms with Crippen molar-refractivity contribution >= 4 is 29.2 Å². The normalized spacial score (nSPS) is 10.1. The summed E-state index contributed by atoms with van der Waals surface area (Å²) in [7, 11) is 2.95. The molecule has 146 valence electrons. The van der Waals surface area contributed by atoms with Crippen molar-refractivity contribution in [1.82, 2.24) is 0 Å². The van der Waals surface area contributed by atoms with Crippen molar-refractivity contribution < 1.29 is 19.1 Å². The molecular weight excluding hydrogens is 368 g/mol. The van der Waals surface area contributed by atoms with E-state index in [4.69, 9.17) is 4.74 Å². The maximum absolute atomic E-state index is 12.8. The maximum atomic E-state index is 12.8. The van der Waals surface area contributed by atoms with Crippen LogP contribution in [0.3, 0.4) is 0 Å². The predicted octanol–water partition coefficient (Wildman–Crippen LogP) is 4.00. The molecule has 0 radical (unpaired) electrons. The van der Waals surface area contributed by atoms with E-state index in [1.54, 1.807) is 49.5 Å². The van der Waals surface area contributed by atoms with Crippen molar-refractivity contribution in [3.63, 3.8) is 0 Å². The van der Waals surface area contributed by atoms with Crippen molar-refractivity contribution in [3.05, 3.63) is 95.6 Å². The molecule has 0 saturated carbocycles. The molecule has 6 heteroatoms. The minimum atomic E-state index is -0.547. The first kappa shape index (κ1) is 19.8. The van der Waals surface area contributed by atoms with Crippen molar-refractivity contribution in [2.24, 2.45) is 0 Å². The largest absolute Gasteiger partial charge is 0.465 e. The molecule has 0 aliphatic rings. The summed E-state index contributed by atoms with van der Waals surface area (Å²) >= 11 is 0. The highest BCUT2D eigenvalue weighted by molar-refractivity contribution is 6.11. The lowest BCUT2D eigenvalue weighted by atomic mass is 10.1. The number of methoxy groups -OCH3 is 1. The van der Waals surface area contributed by atoms with E-state index in [1.165, 1.54) is 18.1 Å². The summed E-state index contributed by atoms with van der Waals surface area (Å²) in [4.78, 5) is 38.9. The highest BCUT2D eigenvalue weighted by Crippen LogP contribution is 2.19. The number of amides is 2. The van der Waals surface area contributed by atoms with E-state index in [9.17, 15) is 14.4 Å². The topological polar surface area (TPSA) is 75.7 Å². The van der Waals surface area contributed by atoms with Gasteiger partial charge in [-0.2, -0.15) is 0 Å². The molecule has 3 aromatic rings. The van der Waals surface area contributed by atoms with Crippen LogP contribution in [0.25, 0.3) is 0 Å². The molecule has 0 heterocycles. The third-order valence-corrected chi connectivity index (χ3v) is 4.40. The Morgan fingerprint density at radius 3 is 2.21 bits per heavy atom. The van der Waals surface area contributed by atoms with Gasteiger partial charge in [0, 0.05) is 23.9 Å². The summed E-state index contributed by atoms with van der Waals surface area (Å²) in [5, 5.41) is 2.70. The highest BCUT2D eigenvalue weighted by Gasteiger charge is 2.17. The molecule has 3 rings (SSSR count). The molecule has 0 aliphatic carbocycles. The Kier molecular flexibility index (Phi) is 6.04. The minimum Gasteiger partial charge on any atom is -0.465 e. The lowest BCUT2D eigenvalue weighted by Gasteiger charge is -2.17. The molecule has 0 atom stereocenters. The van der Waals surface area contributed by atoms with E-state index in [0.29, 0.717) is 16.8 Å². The van der Waals surface area contributed by atoms with Crippen LogP contribution >= 0.6 is 0 Å². The highest BCUT2D eigenvalue weighted by atomic mass is 16.5. The van der Waals surface area contributed by atoms with Crippen molar-refractivity contribution in [3.8, 4) is 0 Å². The molecule has 29 heavy (non-hydrogen) atoms. The number of hydrogen-bond acceptors (Lipinski definition) is 4. The number of hydrogen-bond donors (Lipinski definition) is 1. The Morgan fingerprint density at radius 2 is 1.48 bits per heavy atom. The summed E-state index contributed by atoms with van der Waals surface area (Å²) in [6.07, 6.45) is 0. The molecule has 0 spiro atoms. The van der Waals surface area contributed by atoms with E-state index in [-0.39, 0.29) is 11.5 Å². The Balaban J connectivity index is 1.82. The van der Waals surface area contributed by atoms with E-state index < -0.39 is 11.9 Å². The van der Waals surface area contributed by atoms with Gasteiger partial charge in [-0.1, -0.05) is 36.4 Å². The van der Waals surface area contributed by atoms with Gasteiger partial charge in [0.05, 0.1) is 18.4 Å². The van der Waals surface area contributed by atoms with Gasteiger partial charge in [0.15, 0.2) is 0 Å². The summed E-state index contributed by atoms with van der Waals surface area (Å²) < 4.78 is 4.74. The van der Waals surface area contributed by atoms with Gasteiger partial charge in [-0.05, 0) is 42.5 Å². The summed E-state index contributed by atoms with van der Waals surface area (Å²) in [6.45, 7) is 0. The lowest BCUT2D eigenvalue weighted by molar-refractivity contribution is 0.0601. The standard InChI is InChI=1S/C23H20N2O4/c1-25(18-11-4-3-5-12-18)22(27)17-10-8-9-16(15-17)21(26)24-20-14-7-6-13-19(20)23(28)29-2/h3-15H,1-2H3,(H,24,26). The number of anilines is 2. The van der Waals surface area contributed by atoms with Crippen LogP contribution < -0.4 is 10.2 Å². The quantitative estimate of drug-likeness (QED) is 0.671. The fourth-order valence-electron chi connectivity index (χ4n) is 2.83. The Morgan fingerprint density at radius 1 is 0.828 bits per heavy atom. The Hall–Kier alpha value is -3.93. The fraction of sp³-hybridized carbons (Fsp3) is 0.0870. The number of carbonyl (C=O) groups excluding carboxylic acids is 3. The monoisotopic (exact) mass is 388 g/mol. The molecule has 2 amide bonds. The van der Waals surface area contributed by atoms with Crippen molar-refractivity contribution in [2.45, 2.75) is 0 Å². The van der Waals surface area contributed by atoms with Gasteiger partial charge in [-0.15, -0.1) is 0 Å². The molecule has 0 saturated heterocycles. The van der Waals surface area contributed by atoms with E-state index in [1.807, 2.05) is 30.3 Å². The second kappa shape index (κ2) is 8.84. The number of carbonyl (C=O) groups is 3. The Bertz CT molecular complexity index is 1050. The van der Waals surface area contributed by atoms with Gasteiger partial charge in [0.2, 0.25) is 0 Å². The van der Waals surface area contributed by atoms with Crippen LogP contribution in [0.5, 0.6) is 0 Å². The zero-order valence-electron chi connectivity index (χ0n) is 16.1. The van der Waals surface area contributed by atoms with Gasteiger partial charge < -0.3 is 15.0 Å². The first-order chi connectivity index (χ1) is 14.0. The maximum Gasteiger partial charge on any atom is 0.339 e. The number of esters is 1. The summed E-state index contributed by atoms with van der Waals surface area (Å²) in [5.74, 6) is -1.21. The van der Waals surface area contributed by atoms with Crippen LogP contribution in [0.15, 0.2) is 78.9 Å². The number of benzene rings is 3.